The van der Waals surface area contributed by atoms with Crippen LogP contribution in [-0.2, 0) is 25.6 Å². The van der Waals surface area contributed by atoms with Crippen LogP contribution in [-0.4, -0.2) is 96.6 Å². The van der Waals surface area contributed by atoms with Crippen LogP contribution in [0.2, 0.25) is 0 Å². The maximum Gasteiger partial charge on any atom is 0.226 e. The van der Waals surface area contributed by atoms with Crippen molar-refractivity contribution in [3.05, 3.63) is 88.7 Å². The highest BCUT2D eigenvalue weighted by Gasteiger charge is 2.36. The number of nitriles is 1. The van der Waals surface area contributed by atoms with Gasteiger partial charge >= 0.3 is 0 Å². The minimum absolute atomic E-state index is 0.0302. The lowest BCUT2D eigenvalue weighted by Crippen LogP contribution is -2.46. The number of ketones is 3. The van der Waals surface area contributed by atoms with Crippen LogP contribution in [0, 0.1) is 37.0 Å². The number of hydrogen-bond acceptors (Lipinski definition) is 14. The number of likely N-dealkylation sites (N-methyl/N-ethyl adjacent to an activating group) is 1. The van der Waals surface area contributed by atoms with Crippen LogP contribution >= 0.6 is 0 Å². The normalized spacial score (nSPS) is 16.3. The number of nitrogens with zero attached hydrogens (tertiary/aromatic N) is 4. The number of rotatable bonds is 24. The second-order valence-corrected chi connectivity index (χ2v) is 18.0. The Balaban J connectivity index is 1.54. The molecule has 2 amide bonds. The van der Waals surface area contributed by atoms with Gasteiger partial charge in [0.2, 0.25) is 11.8 Å². The summed E-state index contributed by atoms with van der Waals surface area (Å²) >= 11 is 0. The summed E-state index contributed by atoms with van der Waals surface area (Å²) in [6.07, 6.45) is 3.91. The van der Waals surface area contributed by atoms with Gasteiger partial charge in [-0.25, -0.2) is 9.97 Å². The molecule has 1 aliphatic rings. The largest absolute Gasteiger partial charge is 0.494 e. The molecule has 4 aromatic rings. The summed E-state index contributed by atoms with van der Waals surface area (Å²) in [7, 11) is 1.51. The molecule has 0 spiro atoms. The minimum atomic E-state index is -1.24. The van der Waals surface area contributed by atoms with E-state index in [2.05, 4.69) is 12.2 Å². The van der Waals surface area contributed by atoms with Crippen LogP contribution in [0.4, 0.5) is 0 Å². The van der Waals surface area contributed by atoms with Crippen molar-refractivity contribution in [3.8, 4) is 45.8 Å². The molecule has 1 aliphatic heterocycles. The van der Waals surface area contributed by atoms with Crippen LogP contribution in [0.25, 0.3) is 22.5 Å². The Bertz CT molecular complexity index is 2470. The van der Waals surface area contributed by atoms with E-state index in [1.165, 1.54) is 11.9 Å². The summed E-state index contributed by atoms with van der Waals surface area (Å²) in [6.45, 7) is 9.29. The van der Waals surface area contributed by atoms with Crippen molar-refractivity contribution in [2.75, 3.05) is 46.5 Å². The van der Waals surface area contributed by atoms with Crippen molar-refractivity contribution in [1.29, 1.82) is 5.26 Å². The van der Waals surface area contributed by atoms with Crippen LogP contribution in [0.1, 0.15) is 117 Å². The number of benzene rings is 3. The van der Waals surface area contributed by atoms with Crippen molar-refractivity contribution < 1.29 is 38.2 Å². The second kappa shape index (κ2) is 27.0. The third-order valence-corrected chi connectivity index (χ3v) is 12.5. The zero-order valence-corrected chi connectivity index (χ0v) is 41.4. The topological polar surface area (TPSA) is 256 Å². The Hall–Kier alpha value is -6.54. The number of hydrogen-bond donors (Lipinski definition) is 4. The van der Waals surface area contributed by atoms with Crippen LogP contribution in [0.5, 0.6) is 17.2 Å². The van der Waals surface area contributed by atoms with Gasteiger partial charge in [-0.2, -0.15) is 5.26 Å². The van der Waals surface area contributed by atoms with Gasteiger partial charge in [0.15, 0.2) is 23.2 Å². The van der Waals surface area contributed by atoms with E-state index in [0.717, 1.165) is 30.6 Å². The first-order valence-corrected chi connectivity index (χ1v) is 24.5. The van der Waals surface area contributed by atoms with E-state index in [9.17, 15) is 29.2 Å². The lowest BCUT2D eigenvalue weighted by molar-refractivity contribution is -0.142. The molecule has 0 aliphatic carbocycles. The summed E-state index contributed by atoms with van der Waals surface area (Å²) in [5, 5.41) is 12.2. The molecule has 2 heterocycles. The van der Waals surface area contributed by atoms with E-state index in [1.54, 1.807) is 45.0 Å². The number of nitrogens with two attached hydrogens (primary N) is 3. The predicted molar refractivity (Wildman–Crippen MR) is 268 cm³/mol. The summed E-state index contributed by atoms with van der Waals surface area (Å²) in [6, 6.07) is 18.0. The van der Waals surface area contributed by atoms with Crippen molar-refractivity contribution >= 4 is 29.2 Å². The van der Waals surface area contributed by atoms with E-state index in [4.69, 9.17) is 41.4 Å². The van der Waals surface area contributed by atoms with Gasteiger partial charge in [0, 0.05) is 61.3 Å². The number of nitrogens with one attached hydrogen (secondary N) is 1. The van der Waals surface area contributed by atoms with E-state index >= 15 is 0 Å². The van der Waals surface area contributed by atoms with Gasteiger partial charge in [-0.3, -0.25) is 24.0 Å². The number of unbranched alkanes of at least 4 members (excludes halogenated alkanes) is 2. The van der Waals surface area contributed by atoms with Gasteiger partial charge in [-0.15, -0.1) is 0 Å². The molecule has 70 heavy (non-hydrogen) atoms. The Labute approximate surface area is 412 Å². The first kappa shape index (κ1) is 54.4. The van der Waals surface area contributed by atoms with Gasteiger partial charge in [0.05, 0.1) is 48.9 Å². The molecule has 7 N–H and O–H groups in total. The molecule has 4 atom stereocenters. The maximum atomic E-state index is 14.9. The van der Waals surface area contributed by atoms with Crippen molar-refractivity contribution in [1.82, 2.24) is 20.2 Å². The molecule has 1 aromatic heterocycles. The first-order chi connectivity index (χ1) is 33.7. The number of fused-ring (bicyclic) bond motifs is 5. The van der Waals surface area contributed by atoms with E-state index in [0.29, 0.717) is 95.7 Å². The Morgan fingerprint density at radius 2 is 1.46 bits per heavy atom. The summed E-state index contributed by atoms with van der Waals surface area (Å²) in [4.78, 5) is 82.3. The standard InChI is InChI=1S/C54H70N8O8/c1-6-7-8-26-68-41-17-14-38(15-18-41)52-59-35(3)50(36(4)60-52)46(64)33-40(21-25-58)54(67)62(5)51-39-16-20-49(70-28-11-24-57)43(32-39)42-30-37(13-19-48(42)69-27-10-23-56)31-44(45(63)12-9-22-55)61-53(66)34(2)29-47(51)65/h13-20,30,32,34,40,44,51H,6-12,21,23-29,31,33,56-58H2,1-5H3,(H,61,66)/t34-,40-,44+,51+/m1/s1. The average molecular weight is 959 g/mol. The van der Waals surface area contributed by atoms with E-state index < -0.39 is 41.5 Å². The summed E-state index contributed by atoms with van der Waals surface area (Å²) in [5.41, 5.74) is 22.0. The zero-order valence-electron chi connectivity index (χ0n) is 41.4. The minimum Gasteiger partial charge on any atom is -0.494 e. The quantitative estimate of drug-likeness (QED) is 0.0421. The summed E-state index contributed by atoms with van der Waals surface area (Å²) in [5.74, 6) is -1.88. The van der Waals surface area contributed by atoms with Crippen LogP contribution in [0.3, 0.4) is 0 Å². The Morgan fingerprint density at radius 1 is 0.829 bits per heavy atom. The average Bonchev–Trinajstić information content (AvgIpc) is 3.34. The van der Waals surface area contributed by atoms with Gasteiger partial charge in [0.1, 0.15) is 23.3 Å². The highest BCUT2D eigenvalue weighted by molar-refractivity contribution is 6.01. The molecule has 0 unspecified atom stereocenters. The third-order valence-electron chi connectivity index (χ3n) is 12.5. The van der Waals surface area contributed by atoms with Crippen molar-refractivity contribution in [3.63, 3.8) is 0 Å². The molecule has 374 valence electrons. The van der Waals surface area contributed by atoms with E-state index in [1.807, 2.05) is 42.5 Å². The van der Waals surface area contributed by atoms with Crippen molar-refractivity contribution in [2.24, 2.45) is 29.0 Å². The molecule has 0 saturated carbocycles. The van der Waals surface area contributed by atoms with Crippen LogP contribution < -0.4 is 36.7 Å². The number of amides is 2. The number of carbonyl (C=O) groups is 5. The summed E-state index contributed by atoms with van der Waals surface area (Å²) < 4.78 is 18.5. The second-order valence-electron chi connectivity index (χ2n) is 18.0. The van der Waals surface area contributed by atoms with Crippen LogP contribution in [0.15, 0.2) is 60.7 Å². The van der Waals surface area contributed by atoms with E-state index in [-0.39, 0.29) is 63.2 Å². The van der Waals surface area contributed by atoms with Gasteiger partial charge in [-0.1, -0.05) is 38.8 Å². The number of ether oxygens (including phenoxy) is 3. The number of aryl methyl sites for hydroxylation is 2. The molecule has 3 aromatic carbocycles. The fraction of sp³-hybridized carbons (Fsp3) is 0.481. The molecule has 0 radical (unpaired) electrons. The zero-order chi connectivity index (χ0) is 50.7. The van der Waals surface area contributed by atoms with Gasteiger partial charge in [0.25, 0.3) is 0 Å². The maximum absolute atomic E-state index is 14.9. The number of aromatic nitrogens is 2. The number of Topliss-reactive ketones (excluding diaryl/α,β-unsaturated/α-hetero) is 3. The molecular formula is C54H70N8O8. The highest BCUT2D eigenvalue weighted by atomic mass is 16.5. The monoisotopic (exact) mass is 959 g/mol. The highest BCUT2D eigenvalue weighted by Crippen LogP contribution is 2.41. The molecule has 0 saturated heterocycles. The third kappa shape index (κ3) is 14.5. The molecular weight excluding hydrogens is 889 g/mol. The molecule has 16 nitrogen and oxygen atoms in total. The van der Waals surface area contributed by atoms with Gasteiger partial charge < -0.3 is 41.6 Å². The smallest absolute Gasteiger partial charge is 0.226 e. The fourth-order valence-corrected chi connectivity index (χ4v) is 8.65. The van der Waals surface area contributed by atoms with Crippen molar-refractivity contribution in [2.45, 2.75) is 110 Å². The lowest BCUT2D eigenvalue weighted by atomic mass is 9.88. The molecule has 16 heteroatoms. The lowest BCUT2D eigenvalue weighted by Gasteiger charge is -2.32. The molecule has 4 bridgehead atoms. The Morgan fingerprint density at radius 3 is 2.07 bits per heavy atom. The SMILES string of the molecule is CCCCCOc1ccc(-c2nc(C)c(C(=O)C[C@@H](CCN)C(=O)N(C)[C@@H]3C(=O)C[C@@H](C)C(=O)N[C@H](C(=O)CCC#N)Cc4ccc(OCCCN)c(c4)-c4cc3ccc4OCCCN)c(C)n2)cc1. The number of carbonyl (C=O) groups excluding carboxylic acids is 5. The van der Waals surface area contributed by atoms with Gasteiger partial charge in [-0.05, 0) is 125 Å². The molecule has 5 rings (SSSR count). The Kier molecular flexibility index (Phi) is 21.0. The first-order valence-electron chi connectivity index (χ1n) is 24.5. The fourth-order valence-electron chi connectivity index (χ4n) is 8.65. The molecule has 0 fully saturated rings. The predicted octanol–water partition coefficient (Wildman–Crippen LogP) is 6.70.